The van der Waals surface area contributed by atoms with Crippen LogP contribution < -0.4 is 9.47 Å². The summed E-state index contributed by atoms with van der Waals surface area (Å²) in [6.45, 7) is 9.24. The van der Waals surface area contributed by atoms with Crippen molar-refractivity contribution in [2.24, 2.45) is 5.92 Å². The number of hydrogen-bond acceptors (Lipinski definition) is 7. The number of nitrogens with zero attached hydrogens (tertiary/aromatic N) is 3. The van der Waals surface area contributed by atoms with Crippen molar-refractivity contribution < 1.29 is 23.8 Å². The van der Waals surface area contributed by atoms with Gasteiger partial charge in [0.15, 0.2) is 17.3 Å². The summed E-state index contributed by atoms with van der Waals surface area (Å²) in [4.78, 5) is 35.2. The third-order valence-corrected chi connectivity index (χ3v) is 5.26. The van der Waals surface area contributed by atoms with Crippen LogP contribution in [0.1, 0.15) is 41.0 Å². The van der Waals surface area contributed by atoms with Gasteiger partial charge >= 0.3 is 6.09 Å². The Bertz CT molecular complexity index is 989. The van der Waals surface area contributed by atoms with Crippen molar-refractivity contribution in [1.82, 2.24) is 14.9 Å². The van der Waals surface area contributed by atoms with Crippen LogP contribution in [0.15, 0.2) is 18.5 Å². The lowest BCUT2D eigenvalue weighted by Crippen LogP contribution is -2.44. The van der Waals surface area contributed by atoms with E-state index in [2.05, 4.69) is 9.97 Å². The fourth-order valence-electron chi connectivity index (χ4n) is 3.52. The molecule has 2 atom stereocenters. The summed E-state index contributed by atoms with van der Waals surface area (Å²) in [5.41, 5.74) is -0.0604. The first kappa shape index (κ1) is 23.1. The van der Waals surface area contributed by atoms with Gasteiger partial charge in [-0.15, -0.1) is 0 Å². The fraction of sp³-hybridized carbons (Fsp3) is 0.545. The number of rotatable bonds is 5. The van der Waals surface area contributed by atoms with Gasteiger partial charge in [0.25, 0.3) is 0 Å². The molecule has 0 spiro atoms. The van der Waals surface area contributed by atoms with E-state index in [4.69, 9.17) is 25.8 Å². The number of carbonyl (C=O) groups is 2. The van der Waals surface area contributed by atoms with Gasteiger partial charge in [0, 0.05) is 23.8 Å². The molecule has 9 heteroatoms. The molecule has 1 saturated heterocycles. The summed E-state index contributed by atoms with van der Waals surface area (Å²) in [7, 11) is 1.53. The standard InChI is InChI=1S/C22H28ClN3O5/c1-12(2)19(27)16-7-13(10-26(16)21(28)31-22(3,4)5)30-18-9-15-14(8-17(18)29-6)20(23)25-11-24-15/h8-9,11-13,16H,7,10H2,1-6H3/t13-,16-/m0/s1. The van der Waals surface area contributed by atoms with Gasteiger partial charge in [-0.25, -0.2) is 14.8 Å². The Morgan fingerprint density at radius 1 is 1.19 bits per heavy atom. The summed E-state index contributed by atoms with van der Waals surface area (Å²) in [6.07, 6.45) is 0.798. The highest BCUT2D eigenvalue weighted by Gasteiger charge is 2.43. The summed E-state index contributed by atoms with van der Waals surface area (Å²) < 4.78 is 17.2. The van der Waals surface area contributed by atoms with Crippen LogP contribution in [0.2, 0.25) is 5.15 Å². The molecule has 0 radical (unpaired) electrons. The third-order valence-electron chi connectivity index (χ3n) is 4.95. The highest BCUT2D eigenvalue weighted by molar-refractivity contribution is 6.34. The quantitative estimate of drug-likeness (QED) is 0.629. The van der Waals surface area contributed by atoms with Crippen LogP contribution >= 0.6 is 11.6 Å². The molecular weight excluding hydrogens is 422 g/mol. The van der Waals surface area contributed by atoms with Gasteiger partial charge < -0.3 is 14.2 Å². The van der Waals surface area contributed by atoms with Crippen molar-refractivity contribution in [2.45, 2.75) is 58.8 Å². The average Bonchev–Trinajstić information content (AvgIpc) is 3.09. The molecule has 0 aliphatic carbocycles. The molecule has 8 nitrogen and oxygen atoms in total. The van der Waals surface area contributed by atoms with Crippen molar-refractivity contribution in [2.75, 3.05) is 13.7 Å². The minimum absolute atomic E-state index is 0.0260. The number of likely N-dealkylation sites (tertiary alicyclic amines) is 1. The predicted octanol–water partition coefficient (Wildman–Crippen LogP) is 4.27. The zero-order valence-electron chi connectivity index (χ0n) is 18.6. The van der Waals surface area contributed by atoms with E-state index in [9.17, 15) is 9.59 Å². The molecule has 1 aliphatic rings. The summed E-state index contributed by atoms with van der Waals surface area (Å²) >= 11 is 6.16. The highest BCUT2D eigenvalue weighted by atomic mass is 35.5. The lowest BCUT2D eigenvalue weighted by Gasteiger charge is -2.28. The molecule has 168 valence electrons. The summed E-state index contributed by atoms with van der Waals surface area (Å²) in [5.74, 6) is 0.674. The Morgan fingerprint density at radius 2 is 1.90 bits per heavy atom. The van der Waals surface area contributed by atoms with Crippen molar-refractivity contribution in [3.8, 4) is 11.5 Å². The maximum atomic E-state index is 12.8. The van der Waals surface area contributed by atoms with Crippen molar-refractivity contribution in [1.29, 1.82) is 0 Å². The van der Waals surface area contributed by atoms with Crippen LogP contribution in [0, 0.1) is 5.92 Å². The Labute approximate surface area is 186 Å². The first-order valence-electron chi connectivity index (χ1n) is 10.2. The second-order valence-electron chi connectivity index (χ2n) is 8.87. The second-order valence-corrected chi connectivity index (χ2v) is 9.22. The molecule has 1 aliphatic heterocycles. The number of hydrogen-bond donors (Lipinski definition) is 0. The topological polar surface area (TPSA) is 90.9 Å². The smallest absolute Gasteiger partial charge is 0.411 e. The number of ketones is 1. The molecule has 0 unspecified atom stereocenters. The van der Waals surface area contributed by atoms with E-state index in [0.717, 1.165) is 0 Å². The average molecular weight is 450 g/mol. The van der Waals surface area contributed by atoms with Gasteiger partial charge in [0.2, 0.25) is 0 Å². The zero-order chi connectivity index (χ0) is 22.9. The SMILES string of the molecule is COc1cc2c(Cl)ncnc2cc1O[C@H]1C[C@@H](C(=O)C(C)C)N(C(=O)OC(C)(C)C)C1. The van der Waals surface area contributed by atoms with Crippen LogP contribution in [0.5, 0.6) is 11.5 Å². The summed E-state index contributed by atoms with van der Waals surface area (Å²) in [5, 5.41) is 0.956. The molecule has 1 aromatic carbocycles. The lowest BCUT2D eigenvalue weighted by molar-refractivity contribution is -0.126. The van der Waals surface area contributed by atoms with Crippen molar-refractivity contribution in [3.05, 3.63) is 23.6 Å². The van der Waals surface area contributed by atoms with Gasteiger partial charge in [-0.3, -0.25) is 9.69 Å². The van der Waals surface area contributed by atoms with E-state index in [1.165, 1.54) is 18.3 Å². The number of benzene rings is 1. The van der Waals surface area contributed by atoms with Gasteiger partial charge in [0.1, 0.15) is 23.2 Å². The number of ether oxygens (including phenoxy) is 3. The molecule has 1 fully saturated rings. The number of carbonyl (C=O) groups excluding carboxylic acids is 2. The number of aromatic nitrogens is 2. The number of fused-ring (bicyclic) bond motifs is 1. The van der Waals surface area contributed by atoms with Crippen LogP contribution in [-0.2, 0) is 9.53 Å². The Kier molecular flexibility index (Phi) is 6.59. The van der Waals surface area contributed by atoms with E-state index < -0.39 is 23.8 Å². The highest BCUT2D eigenvalue weighted by Crippen LogP contribution is 2.36. The molecular formula is C22H28ClN3O5. The summed E-state index contributed by atoms with van der Waals surface area (Å²) in [6, 6.07) is 2.82. The monoisotopic (exact) mass is 449 g/mol. The van der Waals surface area contributed by atoms with Crippen molar-refractivity contribution >= 4 is 34.4 Å². The largest absolute Gasteiger partial charge is 0.493 e. The van der Waals surface area contributed by atoms with Gasteiger partial charge in [-0.05, 0) is 26.8 Å². The number of Topliss-reactive ketones (excluding diaryl/α,β-unsaturated/α-hetero) is 1. The maximum absolute atomic E-state index is 12.8. The Hall–Kier alpha value is -2.61. The molecule has 2 aromatic rings. The normalized spacial score (nSPS) is 19.0. The van der Waals surface area contributed by atoms with E-state index in [0.29, 0.717) is 34.0 Å². The zero-order valence-corrected chi connectivity index (χ0v) is 19.4. The predicted molar refractivity (Wildman–Crippen MR) is 117 cm³/mol. The van der Waals surface area contributed by atoms with Crippen LogP contribution in [0.3, 0.4) is 0 Å². The molecule has 0 bridgehead atoms. The van der Waals surface area contributed by atoms with E-state index in [1.54, 1.807) is 32.9 Å². The third kappa shape index (κ3) is 5.18. The fourth-order valence-corrected chi connectivity index (χ4v) is 3.72. The molecule has 2 heterocycles. The molecule has 1 aromatic heterocycles. The molecule has 0 N–H and O–H groups in total. The first-order valence-corrected chi connectivity index (χ1v) is 10.6. The number of amides is 1. The first-order chi connectivity index (χ1) is 14.5. The Morgan fingerprint density at radius 3 is 2.52 bits per heavy atom. The van der Waals surface area contributed by atoms with E-state index in [-0.39, 0.29) is 18.2 Å². The molecule has 1 amide bonds. The molecule has 31 heavy (non-hydrogen) atoms. The molecule has 3 rings (SSSR count). The van der Waals surface area contributed by atoms with Gasteiger partial charge in [0.05, 0.1) is 25.2 Å². The molecule has 0 saturated carbocycles. The van der Waals surface area contributed by atoms with E-state index in [1.807, 2.05) is 13.8 Å². The van der Waals surface area contributed by atoms with Gasteiger partial charge in [-0.2, -0.15) is 0 Å². The van der Waals surface area contributed by atoms with Crippen LogP contribution in [0.25, 0.3) is 10.9 Å². The Balaban J connectivity index is 1.88. The minimum atomic E-state index is -0.665. The lowest BCUT2D eigenvalue weighted by atomic mass is 9.99. The van der Waals surface area contributed by atoms with Crippen molar-refractivity contribution in [3.63, 3.8) is 0 Å². The van der Waals surface area contributed by atoms with Gasteiger partial charge in [-0.1, -0.05) is 25.4 Å². The second kappa shape index (κ2) is 8.86. The van der Waals surface area contributed by atoms with Crippen LogP contribution in [-0.4, -0.2) is 58.1 Å². The minimum Gasteiger partial charge on any atom is -0.493 e. The van der Waals surface area contributed by atoms with Crippen LogP contribution in [0.4, 0.5) is 4.79 Å². The van der Waals surface area contributed by atoms with E-state index >= 15 is 0 Å². The number of halogens is 1. The maximum Gasteiger partial charge on any atom is 0.411 e. The number of methoxy groups -OCH3 is 1.